The summed E-state index contributed by atoms with van der Waals surface area (Å²) < 4.78 is 29.0. The number of amides is 2. The molecule has 0 aromatic carbocycles. The number of likely N-dealkylation sites (tertiary alicyclic amines) is 2. The maximum Gasteiger partial charge on any atom is 0.276 e. The van der Waals surface area contributed by atoms with Crippen molar-refractivity contribution < 1.29 is 18.4 Å². The number of alkyl halides is 2. The van der Waals surface area contributed by atoms with Gasteiger partial charge in [0.25, 0.3) is 11.8 Å². The molecular weight excluding hydrogens is 332 g/mol. The van der Waals surface area contributed by atoms with Crippen LogP contribution in [0.4, 0.5) is 8.78 Å². The minimum absolute atomic E-state index is 0.105. The van der Waals surface area contributed by atoms with E-state index in [0.29, 0.717) is 13.1 Å². The van der Waals surface area contributed by atoms with Gasteiger partial charge in [0.2, 0.25) is 5.91 Å². The predicted octanol–water partition coefficient (Wildman–Crippen LogP) is 1.41. The summed E-state index contributed by atoms with van der Waals surface area (Å²) in [6.07, 6.45) is 3.03. The summed E-state index contributed by atoms with van der Waals surface area (Å²) in [5.41, 5.74) is 0.216. The number of hydrogen-bond donors (Lipinski definition) is 0. The van der Waals surface area contributed by atoms with E-state index in [4.69, 9.17) is 0 Å². The highest BCUT2D eigenvalue weighted by molar-refractivity contribution is 5.92. The van der Waals surface area contributed by atoms with E-state index < -0.39 is 24.9 Å². The summed E-state index contributed by atoms with van der Waals surface area (Å²) >= 11 is 0. The van der Waals surface area contributed by atoms with Crippen molar-refractivity contribution in [2.45, 2.75) is 51.6 Å². The Morgan fingerprint density at radius 3 is 2.64 bits per heavy atom. The zero-order valence-electron chi connectivity index (χ0n) is 14.5. The molecule has 0 N–H and O–H groups in total. The van der Waals surface area contributed by atoms with Crippen LogP contribution in [0.25, 0.3) is 0 Å². The molecule has 0 aliphatic carbocycles. The van der Waals surface area contributed by atoms with E-state index >= 15 is 0 Å². The molecule has 3 rings (SSSR count). The Labute approximate surface area is 144 Å². The fourth-order valence-corrected chi connectivity index (χ4v) is 3.43. The summed E-state index contributed by atoms with van der Waals surface area (Å²) in [5.74, 6) is -3.73. The van der Waals surface area contributed by atoms with Gasteiger partial charge in [0.05, 0.1) is 25.3 Å². The molecule has 7 nitrogen and oxygen atoms in total. The number of rotatable bonds is 4. The molecule has 1 aromatic heterocycles. The molecule has 0 unspecified atom stereocenters. The minimum atomic E-state index is -2.90. The van der Waals surface area contributed by atoms with Crippen molar-refractivity contribution in [3.05, 3.63) is 11.9 Å². The molecule has 0 spiro atoms. The molecule has 25 heavy (non-hydrogen) atoms. The quantitative estimate of drug-likeness (QED) is 0.819. The zero-order chi connectivity index (χ0) is 18.2. The second-order valence-corrected chi connectivity index (χ2v) is 7.16. The van der Waals surface area contributed by atoms with Crippen LogP contribution in [0.5, 0.6) is 0 Å². The highest BCUT2D eigenvalue weighted by Gasteiger charge is 2.47. The lowest BCUT2D eigenvalue weighted by molar-refractivity contribution is -0.136. The molecule has 3 heterocycles. The molecule has 1 atom stereocenters. The van der Waals surface area contributed by atoms with Crippen molar-refractivity contribution in [3.8, 4) is 0 Å². The molecular formula is C16H23F2N5O2. The lowest BCUT2D eigenvalue weighted by Gasteiger charge is -2.25. The van der Waals surface area contributed by atoms with Crippen LogP contribution in [0, 0.1) is 5.92 Å². The van der Waals surface area contributed by atoms with Crippen LogP contribution in [-0.2, 0) is 11.3 Å². The minimum Gasteiger partial charge on any atom is -0.337 e. The van der Waals surface area contributed by atoms with Crippen molar-refractivity contribution in [2.75, 3.05) is 19.6 Å². The third kappa shape index (κ3) is 3.80. The van der Waals surface area contributed by atoms with E-state index in [2.05, 4.69) is 10.3 Å². The largest absolute Gasteiger partial charge is 0.337 e. The van der Waals surface area contributed by atoms with Crippen LogP contribution in [0.1, 0.15) is 43.6 Å². The number of hydrogen-bond acceptors (Lipinski definition) is 4. The number of carbonyl (C=O) groups excluding carboxylic acids is 2. The molecule has 0 bridgehead atoms. The van der Waals surface area contributed by atoms with Crippen molar-refractivity contribution >= 4 is 11.8 Å². The van der Waals surface area contributed by atoms with Crippen molar-refractivity contribution in [2.24, 2.45) is 5.92 Å². The van der Waals surface area contributed by atoms with Gasteiger partial charge in [-0.3, -0.25) is 9.59 Å². The highest BCUT2D eigenvalue weighted by Crippen LogP contribution is 2.33. The molecule has 2 amide bonds. The maximum absolute atomic E-state index is 13.8. The average molecular weight is 355 g/mol. The summed E-state index contributed by atoms with van der Waals surface area (Å²) in [7, 11) is 0. The molecule has 2 aliphatic heterocycles. The lowest BCUT2D eigenvalue weighted by Crippen LogP contribution is -2.41. The van der Waals surface area contributed by atoms with Gasteiger partial charge in [-0.2, -0.15) is 0 Å². The van der Waals surface area contributed by atoms with Crippen molar-refractivity contribution in [1.29, 1.82) is 0 Å². The van der Waals surface area contributed by atoms with Crippen LogP contribution in [0.15, 0.2) is 6.20 Å². The van der Waals surface area contributed by atoms with Gasteiger partial charge in [-0.25, -0.2) is 13.5 Å². The van der Waals surface area contributed by atoms with E-state index in [1.165, 1.54) is 15.8 Å². The van der Waals surface area contributed by atoms with Crippen LogP contribution in [0.2, 0.25) is 0 Å². The van der Waals surface area contributed by atoms with Gasteiger partial charge in [-0.1, -0.05) is 19.1 Å². The zero-order valence-corrected chi connectivity index (χ0v) is 14.5. The average Bonchev–Trinajstić information content (AvgIpc) is 3.26. The number of carbonyl (C=O) groups is 2. The molecule has 138 valence electrons. The third-order valence-corrected chi connectivity index (χ3v) is 4.70. The molecule has 0 saturated carbocycles. The van der Waals surface area contributed by atoms with Crippen LogP contribution < -0.4 is 0 Å². The molecule has 9 heteroatoms. The Morgan fingerprint density at radius 1 is 1.32 bits per heavy atom. The van der Waals surface area contributed by atoms with E-state index in [1.807, 2.05) is 0 Å². The van der Waals surface area contributed by atoms with Crippen LogP contribution in [-0.4, -0.2) is 68.2 Å². The van der Waals surface area contributed by atoms with Crippen LogP contribution >= 0.6 is 0 Å². The van der Waals surface area contributed by atoms with Gasteiger partial charge in [0.15, 0.2) is 5.69 Å². The van der Waals surface area contributed by atoms with E-state index in [1.54, 1.807) is 18.7 Å². The van der Waals surface area contributed by atoms with E-state index in [9.17, 15) is 18.4 Å². The maximum atomic E-state index is 13.8. The molecule has 0 radical (unpaired) electrons. The van der Waals surface area contributed by atoms with Crippen LogP contribution in [0.3, 0.4) is 0 Å². The summed E-state index contributed by atoms with van der Waals surface area (Å²) in [6.45, 7) is 4.34. The number of aromatic nitrogens is 3. The fourth-order valence-electron chi connectivity index (χ4n) is 3.43. The Balaban J connectivity index is 1.70. The lowest BCUT2D eigenvalue weighted by atomic mass is 10.1. The van der Waals surface area contributed by atoms with E-state index in [-0.39, 0.29) is 30.0 Å². The standard InChI is InChI=1S/C16H23F2N5O2/c1-11(2)14(24)23-10-16(17,18)7-12(23)8-22-9-13(19-20-22)15(25)21-5-3-4-6-21/h9,11-12H,3-8,10H2,1-2H3/t12-/m0/s1. The molecule has 2 aliphatic rings. The SMILES string of the molecule is CC(C)C(=O)N1CC(F)(F)C[C@H]1Cn1cc(C(=O)N2CCCC2)nn1. The van der Waals surface area contributed by atoms with Gasteiger partial charge >= 0.3 is 0 Å². The Hall–Kier alpha value is -2.06. The first-order chi connectivity index (χ1) is 11.8. The summed E-state index contributed by atoms with van der Waals surface area (Å²) in [6, 6.07) is -0.652. The topological polar surface area (TPSA) is 71.3 Å². The normalized spacial score (nSPS) is 22.8. The first kappa shape index (κ1) is 17.8. The first-order valence-corrected chi connectivity index (χ1v) is 8.64. The smallest absolute Gasteiger partial charge is 0.276 e. The molecule has 2 saturated heterocycles. The van der Waals surface area contributed by atoms with Crippen molar-refractivity contribution in [3.63, 3.8) is 0 Å². The predicted molar refractivity (Wildman–Crippen MR) is 85.1 cm³/mol. The van der Waals surface area contributed by atoms with E-state index in [0.717, 1.165) is 12.8 Å². The molecule has 1 aromatic rings. The second kappa shape index (κ2) is 6.68. The Bertz CT molecular complexity index is 655. The van der Waals surface area contributed by atoms with Gasteiger partial charge in [-0.15, -0.1) is 5.10 Å². The number of halogens is 2. The Kier molecular flexibility index (Phi) is 4.75. The third-order valence-electron chi connectivity index (χ3n) is 4.70. The van der Waals surface area contributed by atoms with Gasteiger partial charge in [0, 0.05) is 25.4 Å². The van der Waals surface area contributed by atoms with Gasteiger partial charge in [-0.05, 0) is 12.8 Å². The monoisotopic (exact) mass is 355 g/mol. The molecule has 2 fully saturated rings. The van der Waals surface area contributed by atoms with Gasteiger partial charge < -0.3 is 9.80 Å². The number of nitrogens with zero attached hydrogens (tertiary/aromatic N) is 5. The Morgan fingerprint density at radius 2 is 2.00 bits per heavy atom. The fraction of sp³-hybridized carbons (Fsp3) is 0.750. The first-order valence-electron chi connectivity index (χ1n) is 8.64. The summed E-state index contributed by atoms with van der Waals surface area (Å²) in [5, 5.41) is 7.77. The highest BCUT2D eigenvalue weighted by atomic mass is 19.3. The summed E-state index contributed by atoms with van der Waals surface area (Å²) in [4.78, 5) is 27.4. The van der Waals surface area contributed by atoms with Gasteiger partial charge in [0.1, 0.15) is 0 Å². The van der Waals surface area contributed by atoms with Crippen molar-refractivity contribution in [1.82, 2.24) is 24.8 Å². The second-order valence-electron chi connectivity index (χ2n) is 7.16.